The molecule has 1 aromatic carbocycles. The van der Waals surface area contributed by atoms with Crippen LogP contribution in [0, 0.1) is 0 Å². The van der Waals surface area contributed by atoms with Gasteiger partial charge in [-0.2, -0.15) is 0 Å². The van der Waals surface area contributed by atoms with E-state index in [9.17, 15) is 4.79 Å². The average Bonchev–Trinajstić information content (AvgIpc) is 2.72. The highest BCUT2D eigenvalue weighted by Gasteiger charge is 2.27. The van der Waals surface area contributed by atoms with E-state index < -0.39 is 0 Å². The van der Waals surface area contributed by atoms with Gasteiger partial charge in [-0.15, -0.1) is 0 Å². The second-order valence-electron chi connectivity index (χ2n) is 3.92. The van der Waals surface area contributed by atoms with Crippen LogP contribution in [0.5, 0.6) is 11.5 Å². The predicted molar refractivity (Wildman–Crippen MR) is 62.5 cm³/mol. The van der Waals surface area contributed by atoms with Crippen LogP contribution < -0.4 is 9.47 Å². The maximum Gasteiger partial charge on any atom is 0.306 e. The molecule has 0 aliphatic carbocycles. The first-order chi connectivity index (χ1) is 8.24. The van der Waals surface area contributed by atoms with E-state index in [-0.39, 0.29) is 11.9 Å². The lowest BCUT2D eigenvalue weighted by Crippen LogP contribution is -2.09. The zero-order valence-corrected chi connectivity index (χ0v) is 10.1. The van der Waals surface area contributed by atoms with Crippen LogP contribution in [0.2, 0.25) is 0 Å². The summed E-state index contributed by atoms with van der Waals surface area (Å²) in [6.07, 6.45) is 0.359. The maximum atomic E-state index is 11.2. The molecule has 0 amide bonds. The summed E-state index contributed by atoms with van der Waals surface area (Å²) >= 11 is 0. The van der Waals surface area contributed by atoms with Gasteiger partial charge in [-0.05, 0) is 13.0 Å². The topological polar surface area (TPSA) is 44.8 Å². The molecule has 17 heavy (non-hydrogen) atoms. The van der Waals surface area contributed by atoms with Gasteiger partial charge in [0.1, 0.15) is 11.5 Å². The molecule has 0 radical (unpaired) electrons. The van der Waals surface area contributed by atoms with Crippen molar-refractivity contribution in [2.24, 2.45) is 0 Å². The minimum absolute atomic E-state index is 0.0909. The number of carbonyl (C=O) groups is 1. The zero-order chi connectivity index (χ0) is 12.3. The molecule has 0 spiro atoms. The minimum atomic E-state index is -0.208. The molecule has 1 aliphatic heterocycles. The van der Waals surface area contributed by atoms with Crippen LogP contribution in [-0.4, -0.2) is 26.3 Å². The van der Waals surface area contributed by atoms with Crippen LogP contribution in [0.3, 0.4) is 0 Å². The van der Waals surface area contributed by atoms with E-state index in [1.807, 2.05) is 25.1 Å². The highest BCUT2D eigenvalue weighted by Crippen LogP contribution is 2.38. The van der Waals surface area contributed by atoms with Crippen molar-refractivity contribution in [3.8, 4) is 11.5 Å². The molecule has 1 atom stereocenters. The summed E-state index contributed by atoms with van der Waals surface area (Å²) in [7, 11) is 1.40. The average molecular weight is 236 g/mol. The van der Waals surface area contributed by atoms with Gasteiger partial charge < -0.3 is 14.2 Å². The second kappa shape index (κ2) is 5.08. The SMILES string of the molecule is CCOc1ccc2c(c1)OC[C@H]2CC(=O)OC. The van der Waals surface area contributed by atoms with Crippen molar-refractivity contribution in [3.05, 3.63) is 23.8 Å². The van der Waals surface area contributed by atoms with E-state index in [1.165, 1.54) is 7.11 Å². The Morgan fingerprint density at radius 3 is 3.06 bits per heavy atom. The lowest BCUT2D eigenvalue weighted by molar-refractivity contribution is -0.141. The molecular formula is C13H16O4. The van der Waals surface area contributed by atoms with E-state index in [4.69, 9.17) is 9.47 Å². The van der Waals surface area contributed by atoms with Crippen LogP contribution in [-0.2, 0) is 9.53 Å². The Labute approximate surface area is 100 Å². The van der Waals surface area contributed by atoms with Gasteiger partial charge in [0.25, 0.3) is 0 Å². The molecule has 92 valence electrons. The molecule has 2 rings (SSSR count). The van der Waals surface area contributed by atoms with E-state index in [0.717, 1.165) is 17.1 Å². The molecule has 0 saturated carbocycles. The van der Waals surface area contributed by atoms with Gasteiger partial charge in [0.05, 0.1) is 26.7 Å². The molecule has 1 aliphatic rings. The number of benzene rings is 1. The third-order valence-electron chi connectivity index (χ3n) is 2.82. The molecule has 0 bridgehead atoms. The third kappa shape index (κ3) is 2.52. The van der Waals surface area contributed by atoms with Crippen molar-refractivity contribution in [2.75, 3.05) is 20.3 Å². The Kier molecular flexibility index (Phi) is 3.52. The van der Waals surface area contributed by atoms with Gasteiger partial charge in [0, 0.05) is 17.5 Å². The predicted octanol–water partition coefficient (Wildman–Crippen LogP) is 2.12. The van der Waals surface area contributed by atoms with Crippen LogP contribution >= 0.6 is 0 Å². The van der Waals surface area contributed by atoms with E-state index >= 15 is 0 Å². The van der Waals surface area contributed by atoms with Gasteiger partial charge in [-0.3, -0.25) is 4.79 Å². The molecule has 0 N–H and O–H groups in total. The molecular weight excluding hydrogens is 220 g/mol. The van der Waals surface area contributed by atoms with Crippen LogP contribution in [0.4, 0.5) is 0 Å². The fraction of sp³-hybridized carbons (Fsp3) is 0.462. The molecule has 4 heteroatoms. The van der Waals surface area contributed by atoms with Crippen molar-refractivity contribution in [2.45, 2.75) is 19.3 Å². The molecule has 0 saturated heterocycles. The monoisotopic (exact) mass is 236 g/mol. The molecule has 1 heterocycles. The summed E-state index contributed by atoms with van der Waals surface area (Å²) in [6.45, 7) is 3.10. The Morgan fingerprint density at radius 2 is 2.35 bits per heavy atom. The summed E-state index contributed by atoms with van der Waals surface area (Å²) in [5, 5.41) is 0. The van der Waals surface area contributed by atoms with Gasteiger partial charge in [0.15, 0.2) is 0 Å². The normalized spacial score (nSPS) is 17.2. The van der Waals surface area contributed by atoms with E-state index in [1.54, 1.807) is 0 Å². The van der Waals surface area contributed by atoms with Crippen molar-refractivity contribution in [1.82, 2.24) is 0 Å². The molecule has 0 fully saturated rings. The van der Waals surface area contributed by atoms with Gasteiger partial charge in [0.2, 0.25) is 0 Å². The second-order valence-corrected chi connectivity index (χ2v) is 3.92. The highest BCUT2D eigenvalue weighted by molar-refractivity contribution is 5.71. The Hall–Kier alpha value is -1.71. The Morgan fingerprint density at radius 1 is 1.53 bits per heavy atom. The van der Waals surface area contributed by atoms with E-state index in [2.05, 4.69) is 4.74 Å². The molecule has 4 nitrogen and oxygen atoms in total. The summed E-state index contributed by atoms with van der Waals surface area (Å²) < 4.78 is 15.6. The van der Waals surface area contributed by atoms with Gasteiger partial charge >= 0.3 is 5.97 Å². The number of carbonyl (C=O) groups excluding carboxylic acids is 1. The minimum Gasteiger partial charge on any atom is -0.494 e. The number of methoxy groups -OCH3 is 1. The summed E-state index contributed by atoms with van der Waals surface area (Å²) in [5.74, 6) is 1.49. The molecule has 1 aromatic rings. The van der Waals surface area contributed by atoms with Crippen molar-refractivity contribution < 1.29 is 19.0 Å². The first kappa shape index (κ1) is 11.8. The number of hydrogen-bond acceptors (Lipinski definition) is 4. The van der Waals surface area contributed by atoms with Crippen LogP contribution in [0.25, 0.3) is 0 Å². The van der Waals surface area contributed by atoms with Gasteiger partial charge in [-0.25, -0.2) is 0 Å². The van der Waals surface area contributed by atoms with Gasteiger partial charge in [-0.1, -0.05) is 6.07 Å². The van der Waals surface area contributed by atoms with Crippen molar-refractivity contribution in [1.29, 1.82) is 0 Å². The quantitative estimate of drug-likeness (QED) is 0.751. The largest absolute Gasteiger partial charge is 0.494 e. The third-order valence-corrected chi connectivity index (χ3v) is 2.82. The highest BCUT2D eigenvalue weighted by atomic mass is 16.5. The standard InChI is InChI=1S/C13H16O4/c1-3-16-10-4-5-11-9(6-13(14)15-2)8-17-12(11)7-10/h4-5,7,9H,3,6,8H2,1-2H3/t9-/m1/s1. The van der Waals surface area contributed by atoms with Crippen LogP contribution in [0.1, 0.15) is 24.8 Å². The Balaban J connectivity index is 2.13. The summed E-state index contributed by atoms with van der Waals surface area (Å²) in [5.41, 5.74) is 1.05. The molecule has 0 unspecified atom stereocenters. The first-order valence-corrected chi connectivity index (χ1v) is 5.71. The maximum absolute atomic E-state index is 11.2. The number of fused-ring (bicyclic) bond motifs is 1. The summed E-state index contributed by atoms with van der Waals surface area (Å²) in [6, 6.07) is 5.73. The van der Waals surface area contributed by atoms with E-state index in [0.29, 0.717) is 19.6 Å². The van der Waals surface area contributed by atoms with Crippen LogP contribution in [0.15, 0.2) is 18.2 Å². The fourth-order valence-electron chi connectivity index (χ4n) is 1.97. The lowest BCUT2D eigenvalue weighted by Gasteiger charge is -2.07. The zero-order valence-electron chi connectivity index (χ0n) is 10.1. The van der Waals surface area contributed by atoms with Crippen molar-refractivity contribution in [3.63, 3.8) is 0 Å². The number of esters is 1. The fourth-order valence-corrected chi connectivity index (χ4v) is 1.97. The molecule has 0 aromatic heterocycles. The summed E-state index contributed by atoms with van der Waals surface area (Å²) in [4.78, 5) is 11.2. The number of ether oxygens (including phenoxy) is 3. The number of hydrogen-bond donors (Lipinski definition) is 0. The number of rotatable bonds is 4. The lowest BCUT2D eigenvalue weighted by atomic mass is 9.98. The first-order valence-electron chi connectivity index (χ1n) is 5.71. The smallest absolute Gasteiger partial charge is 0.306 e. The Bertz CT molecular complexity index is 414. The van der Waals surface area contributed by atoms with Crippen molar-refractivity contribution >= 4 is 5.97 Å².